The van der Waals surface area contributed by atoms with Crippen LogP contribution in [-0.2, 0) is 26.9 Å². The number of halogens is 1. The van der Waals surface area contributed by atoms with Crippen LogP contribution in [-0.4, -0.2) is 70.8 Å². The molecule has 11 nitrogen and oxygen atoms in total. The summed E-state index contributed by atoms with van der Waals surface area (Å²) in [5.74, 6) is -1.66. The number of fused-ring (bicyclic) bond motifs is 2. The summed E-state index contributed by atoms with van der Waals surface area (Å²) in [7, 11) is -3.59. The third-order valence-corrected chi connectivity index (χ3v) is 9.35. The van der Waals surface area contributed by atoms with Crippen LogP contribution < -0.4 is 16.2 Å². The molecule has 6 rings (SSSR count). The van der Waals surface area contributed by atoms with Crippen molar-refractivity contribution in [3.63, 3.8) is 0 Å². The molecule has 1 unspecified atom stereocenters. The molecule has 2 aliphatic carbocycles. The molecule has 2 bridgehead atoms. The van der Waals surface area contributed by atoms with Crippen molar-refractivity contribution in [1.82, 2.24) is 24.5 Å². The highest BCUT2D eigenvalue weighted by Crippen LogP contribution is 2.43. The molecular weight excluding hydrogens is 517 g/mol. The first-order valence-corrected chi connectivity index (χ1v) is 14.8. The summed E-state index contributed by atoms with van der Waals surface area (Å²) in [6.45, 7) is 0.625. The highest BCUT2D eigenvalue weighted by molar-refractivity contribution is 7.88. The maximum absolute atomic E-state index is 13.4. The molecule has 3 N–H and O–H groups in total. The zero-order valence-corrected chi connectivity index (χ0v) is 22.0. The highest BCUT2D eigenvalue weighted by atomic mass is 32.2. The Balaban J connectivity index is 1.46. The predicted molar refractivity (Wildman–Crippen MR) is 136 cm³/mol. The van der Waals surface area contributed by atoms with E-state index in [0.29, 0.717) is 50.6 Å². The molecule has 1 aromatic rings. The van der Waals surface area contributed by atoms with Gasteiger partial charge in [0.15, 0.2) is 5.69 Å². The lowest BCUT2D eigenvalue weighted by Crippen LogP contribution is -2.55. The molecule has 1 saturated carbocycles. The van der Waals surface area contributed by atoms with Crippen molar-refractivity contribution in [1.29, 1.82) is 0 Å². The molecule has 2 amide bonds. The van der Waals surface area contributed by atoms with Gasteiger partial charge in [0.05, 0.1) is 11.8 Å². The first kappa shape index (κ1) is 26.5. The number of hydrogen-bond donors (Lipinski definition) is 3. The van der Waals surface area contributed by atoms with Gasteiger partial charge < -0.3 is 15.7 Å². The molecule has 0 radical (unpaired) electrons. The summed E-state index contributed by atoms with van der Waals surface area (Å²) in [6, 6.07) is -0.860. The molecule has 38 heavy (non-hydrogen) atoms. The Morgan fingerprint density at radius 2 is 2.00 bits per heavy atom. The Hall–Kier alpha value is -3.06. The quantitative estimate of drug-likeness (QED) is 0.476. The Morgan fingerprint density at radius 3 is 2.66 bits per heavy atom. The van der Waals surface area contributed by atoms with E-state index in [4.69, 9.17) is 0 Å². The normalized spacial score (nSPS) is 28.9. The molecule has 0 spiro atoms. The van der Waals surface area contributed by atoms with Gasteiger partial charge >= 0.3 is 0 Å². The fourth-order valence-electron chi connectivity index (χ4n) is 6.01. The van der Waals surface area contributed by atoms with Gasteiger partial charge in [-0.15, -0.1) is 0 Å². The summed E-state index contributed by atoms with van der Waals surface area (Å²) in [4.78, 5) is 44.2. The number of carbonyl (C=O) groups excluding carboxylic acids is 2. The number of allylic oxidation sites excluding steroid dienone is 2. The lowest BCUT2D eigenvalue weighted by Gasteiger charge is -2.38. The van der Waals surface area contributed by atoms with E-state index in [1.54, 1.807) is 12.2 Å². The number of hydrogen-bond acceptors (Lipinski definition) is 7. The molecule has 0 aromatic carbocycles. The van der Waals surface area contributed by atoms with Gasteiger partial charge in [0.1, 0.15) is 18.0 Å². The number of amides is 2. The Kier molecular flexibility index (Phi) is 6.93. The van der Waals surface area contributed by atoms with Crippen molar-refractivity contribution in [2.24, 2.45) is 5.92 Å². The van der Waals surface area contributed by atoms with Gasteiger partial charge in [0.25, 0.3) is 11.5 Å². The van der Waals surface area contributed by atoms with Crippen LogP contribution in [0.3, 0.4) is 0 Å². The average Bonchev–Trinajstić information content (AvgIpc) is 3.28. The third-order valence-electron chi connectivity index (χ3n) is 8.06. The number of aromatic nitrogens is 2. The standard InChI is InChI=1S/C25H32FN5O6S/c1-38(36,37)31-12-2-3-18(31)21(33)29-25-10-8-16(9-11-25)14-30-23(35)20(32)19(28-24(25)30)22(34)27-13-15-4-6-17(26)7-5-15/h4-6,16-18,32H,2-3,7-14H2,1H3,(H,27,34)(H,29,33)/t16?,17?,18-,25?/m0/s1. The van der Waals surface area contributed by atoms with Gasteiger partial charge in [0.2, 0.25) is 21.7 Å². The van der Waals surface area contributed by atoms with Crippen LogP contribution in [0.5, 0.6) is 5.75 Å². The fraction of sp³-hybridized carbons (Fsp3) is 0.600. The number of alkyl halides is 1. The lowest BCUT2D eigenvalue weighted by atomic mass is 9.77. The highest BCUT2D eigenvalue weighted by Gasteiger charge is 2.48. The van der Waals surface area contributed by atoms with Crippen LogP contribution in [0.1, 0.15) is 61.3 Å². The lowest BCUT2D eigenvalue weighted by molar-refractivity contribution is -0.127. The number of aromatic hydroxyl groups is 1. The zero-order valence-electron chi connectivity index (χ0n) is 21.2. The Bertz CT molecular complexity index is 1380. The molecule has 2 fully saturated rings. The molecule has 1 aromatic heterocycles. The third kappa shape index (κ3) is 4.89. The maximum atomic E-state index is 13.4. The summed E-state index contributed by atoms with van der Waals surface area (Å²) < 4.78 is 40.3. The van der Waals surface area contributed by atoms with Crippen molar-refractivity contribution < 1.29 is 27.5 Å². The van der Waals surface area contributed by atoms with Gasteiger partial charge in [-0.1, -0.05) is 18.2 Å². The number of nitrogens with one attached hydrogen (secondary N) is 2. The molecule has 5 aliphatic rings. The van der Waals surface area contributed by atoms with Crippen LogP contribution in [0, 0.1) is 5.92 Å². The molecule has 2 atom stereocenters. The van der Waals surface area contributed by atoms with E-state index in [1.807, 2.05) is 0 Å². The van der Waals surface area contributed by atoms with E-state index in [2.05, 4.69) is 15.6 Å². The maximum Gasteiger partial charge on any atom is 0.296 e. The van der Waals surface area contributed by atoms with E-state index in [9.17, 15) is 32.3 Å². The number of sulfonamides is 1. The van der Waals surface area contributed by atoms with Crippen molar-refractivity contribution >= 4 is 21.8 Å². The molecular formula is C25H32FN5O6S. The van der Waals surface area contributed by atoms with Crippen LogP contribution >= 0.6 is 0 Å². The fourth-order valence-corrected chi connectivity index (χ4v) is 7.13. The molecule has 206 valence electrons. The van der Waals surface area contributed by atoms with Gasteiger partial charge in [-0.2, -0.15) is 4.31 Å². The summed E-state index contributed by atoms with van der Waals surface area (Å²) >= 11 is 0. The van der Waals surface area contributed by atoms with Crippen molar-refractivity contribution in [3.8, 4) is 5.75 Å². The van der Waals surface area contributed by atoms with Gasteiger partial charge in [-0.25, -0.2) is 17.8 Å². The summed E-state index contributed by atoms with van der Waals surface area (Å²) in [5.41, 5.74) is -1.60. The summed E-state index contributed by atoms with van der Waals surface area (Å²) in [6.07, 6.45) is 8.10. The zero-order chi connectivity index (χ0) is 27.2. The van der Waals surface area contributed by atoms with Crippen molar-refractivity contribution in [2.75, 3.05) is 19.3 Å². The number of nitrogens with zero attached hydrogens (tertiary/aromatic N) is 3. The average molecular weight is 550 g/mol. The largest absolute Gasteiger partial charge is 0.501 e. The van der Waals surface area contributed by atoms with Gasteiger partial charge in [0, 0.05) is 26.1 Å². The van der Waals surface area contributed by atoms with E-state index in [0.717, 1.165) is 6.26 Å². The Morgan fingerprint density at radius 1 is 1.26 bits per heavy atom. The van der Waals surface area contributed by atoms with Gasteiger partial charge in [-0.3, -0.25) is 19.0 Å². The minimum absolute atomic E-state index is 0.0640. The molecule has 1 saturated heterocycles. The molecule has 3 aliphatic heterocycles. The number of rotatable bonds is 6. The first-order chi connectivity index (χ1) is 18.0. The Labute approximate surface area is 219 Å². The predicted octanol–water partition coefficient (Wildman–Crippen LogP) is 0.842. The topological polar surface area (TPSA) is 151 Å². The van der Waals surface area contributed by atoms with E-state index >= 15 is 0 Å². The van der Waals surface area contributed by atoms with E-state index in [1.165, 1.54) is 14.9 Å². The van der Waals surface area contributed by atoms with Crippen LogP contribution in [0.4, 0.5) is 4.39 Å². The van der Waals surface area contributed by atoms with Crippen LogP contribution in [0.15, 0.2) is 28.6 Å². The van der Waals surface area contributed by atoms with Crippen molar-refractivity contribution in [2.45, 2.75) is 69.2 Å². The van der Waals surface area contributed by atoms with E-state index < -0.39 is 56.6 Å². The molecule has 4 heterocycles. The monoisotopic (exact) mass is 549 g/mol. The first-order valence-electron chi connectivity index (χ1n) is 12.9. The van der Waals surface area contributed by atoms with Crippen LogP contribution in [0.25, 0.3) is 0 Å². The second-order valence-corrected chi connectivity index (χ2v) is 12.6. The number of carbonyl (C=O) groups is 2. The summed E-state index contributed by atoms with van der Waals surface area (Å²) in [5, 5.41) is 16.3. The van der Waals surface area contributed by atoms with Crippen LogP contribution in [0.2, 0.25) is 0 Å². The van der Waals surface area contributed by atoms with Crippen molar-refractivity contribution in [3.05, 3.63) is 45.7 Å². The minimum atomic E-state index is -3.59. The SMILES string of the molecule is CS(=O)(=O)N1CCC[C@H]1C(=O)NC12CCC(CC1)Cn1c2nc(C(=O)NCC2=CCC(F)C=C2)c(O)c1=O. The van der Waals surface area contributed by atoms with E-state index in [-0.39, 0.29) is 31.3 Å². The molecule has 13 heteroatoms. The smallest absolute Gasteiger partial charge is 0.296 e. The minimum Gasteiger partial charge on any atom is -0.501 e. The second-order valence-electron chi connectivity index (χ2n) is 10.7. The van der Waals surface area contributed by atoms with Gasteiger partial charge in [-0.05, 0) is 50.0 Å². The second kappa shape index (κ2) is 9.92.